The highest BCUT2D eigenvalue weighted by atomic mass is 35.5. The van der Waals surface area contributed by atoms with Crippen LogP contribution < -0.4 is 9.62 Å². The number of sulfonamides is 1. The van der Waals surface area contributed by atoms with E-state index in [1.165, 1.54) is 29.2 Å². The lowest BCUT2D eigenvalue weighted by atomic mass is 10.0. The summed E-state index contributed by atoms with van der Waals surface area (Å²) in [6.45, 7) is 4.96. The maximum absolute atomic E-state index is 14.6. The Kier molecular flexibility index (Phi) is 12.1. The minimum Gasteiger partial charge on any atom is -0.352 e. The van der Waals surface area contributed by atoms with Gasteiger partial charge in [-0.2, -0.15) is 0 Å². The summed E-state index contributed by atoms with van der Waals surface area (Å²) in [6.07, 6.45) is 0.871. The lowest BCUT2D eigenvalue weighted by molar-refractivity contribution is -0.140. The maximum atomic E-state index is 14.6. The van der Waals surface area contributed by atoms with Gasteiger partial charge in [0.1, 0.15) is 12.6 Å². The van der Waals surface area contributed by atoms with E-state index in [2.05, 4.69) is 5.32 Å². The Morgan fingerprint density at radius 3 is 2.11 bits per heavy atom. The number of halogens is 3. The van der Waals surface area contributed by atoms with E-state index in [0.29, 0.717) is 38.3 Å². The molecule has 2 atom stereocenters. The predicted octanol–water partition coefficient (Wildman–Crippen LogP) is 7.71. The first-order chi connectivity index (χ1) is 21.9. The van der Waals surface area contributed by atoms with Gasteiger partial charge in [-0.05, 0) is 79.4 Å². The highest BCUT2D eigenvalue weighted by molar-refractivity contribution is 7.92. The van der Waals surface area contributed by atoms with Crippen LogP contribution in [0.4, 0.5) is 5.69 Å². The number of nitrogens with one attached hydrogen (secondary N) is 1. The van der Waals surface area contributed by atoms with Crippen molar-refractivity contribution in [1.82, 2.24) is 10.2 Å². The molecule has 0 radical (unpaired) electrons. The van der Waals surface area contributed by atoms with E-state index < -0.39 is 28.5 Å². The molecule has 0 aliphatic carbocycles. The molecule has 0 unspecified atom stereocenters. The molecule has 46 heavy (non-hydrogen) atoms. The summed E-state index contributed by atoms with van der Waals surface area (Å²) in [4.78, 5) is 29.9. The number of benzene rings is 4. The SMILES string of the molecule is CC[C@H](C)NC(=O)[C@H](Cc1ccccc1)N(Cc1ccc(Cl)cc1Cl)C(=O)CN(c1ccccc1C)S(=O)(=O)c1ccc(Cl)cc1. The minimum absolute atomic E-state index is 0.0319. The Morgan fingerprint density at radius 2 is 1.48 bits per heavy atom. The number of rotatable bonds is 13. The first-order valence-electron chi connectivity index (χ1n) is 14.8. The van der Waals surface area contributed by atoms with Gasteiger partial charge in [0.15, 0.2) is 0 Å². The van der Waals surface area contributed by atoms with Gasteiger partial charge in [0, 0.05) is 34.1 Å². The largest absolute Gasteiger partial charge is 0.352 e. The fourth-order valence-corrected chi connectivity index (χ4v) is 6.99. The molecule has 0 aliphatic rings. The average Bonchev–Trinajstić information content (AvgIpc) is 3.03. The Hall–Kier alpha value is -3.56. The van der Waals surface area contributed by atoms with Crippen LogP contribution >= 0.6 is 34.8 Å². The van der Waals surface area contributed by atoms with Gasteiger partial charge in [-0.15, -0.1) is 0 Å². The number of carbonyl (C=O) groups is 2. The summed E-state index contributed by atoms with van der Waals surface area (Å²) in [5, 5.41) is 4.13. The molecule has 0 heterocycles. The summed E-state index contributed by atoms with van der Waals surface area (Å²) in [6, 6.07) is 25.8. The van der Waals surface area contributed by atoms with Crippen molar-refractivity contribution < 1.29 is 18.0 Å². The number of carbonyl (C=O) groups excluding carboxylic acids is 2. The van der Waals surface area contributed by atoms with Crippen LogP contribution in [0.25, 0.3) is 0 Å². The molecule has 0 aromatic heterocycles. The standard InChI is InChI=1S/C35H36Cl3N3O4S/c1-4-25(3)39-35(43)33(20-26-11-6-5-7-12-26)40(22-27-14-15-29(37)21-31(27)38)34(42)23-41(32-13-9-8-10-24(32)2)46(44,45)30-18-16-28(36)17-19-30/h5-19,21,25,33H,4,20,22-23H2,1-3H3,(H,39,43)/t25-,33-/m0/s1. The molecule has 0 spiro atoms. The van der Waals surface area contributed by atoms with Crippen molar-refractivity contribution in [3.8, 4) is 0 Å². The van der Waals surface area contributed by atoms with Crippen molar-refractivity contribution in [3.05, 3.63) is 129 Å². The molecular weight excluding hydrogens is 665 g/mol. The van der Waals surface area contributed by atoms with Gasteiger partial charge < -0.3 is 10.2 Å². The molecule has 242 valence electrons. The zero-order valence-corrected chi connectivity index (χ0v) is 28.9. The first kappa shape index (κ1) is 35.3. The Balaban J connectivity index is 1.84. The highest BCUT2D eigenvalue weighted by Gasteiger charge is 2.35. The molecule has 7 nitrogen and oxygen atoms in total. The van der Waals surface area contributed by atoms with Gasteiger partial charge in [0.25, 0.3) is 10.0 Å². The van der Waals surface area contributed by atoms with Gasteiger partial charge >= 0.3 is 0 Å². The molecule has 4 aromatic rings. The molecule has 0 saturated carbocycles. The second-order valence-electron chi connectivity index (χ2n) is 11.0. The van der Waals surface area contributed by atoms with Crippen molar-refractivity contribution in [2.75, 3.05) is 10.8 Å². The third kappa shape index (κ3) is 8.82. The third-order valence-corrected chi connectivity index (χ3v) is 10.3. The summed E-state index contributed by atoms with van der Waals surface area (Å²) < 4.78 is 29.4. The number of amides is 2. The molecule has 1 N–H and O–H groups in total. The van der Waals surface area contributed by atoms with Crippen LogP contribution in [0.3, 0.4) is 0 Å². The quantitative estimate of drug-likeness (QED) is 0.155. The summed E-state index contributed by atoms with van der Waals surface area (Å²) in [5.41, 5.74) is 2.36. The minimum atomic E-state index is -4.25. The van der Waals surface area contributed by atoms with Crippen molar-refractivity contribution in [2.45, 2.75) is 57.1 Å². The van der Waals surface area contributed by atoms with Gasteiger partial charge in [0.05, 0.1) is 10.6 Å². The maximum Gasteiger partial charge on any atom is 0.264 e. The Morgan fingerprint density at radius 1 is 0.848 bits per heavy atom. The second kappa shape index (κ2) is 15.8. The fraction of sp³-hybridized carbons (Fsp3) is 0.257. The summed E-state index contributed by atoms with van der Waals surface area (Å²) >= 11 is 18.8. The van der Waals surface area contributed by atoms with E-state index in [-0.39, 0.29) is 29.8 Å². The van der Waals surface area contributed by atoms with Crippen molar-refractivity contribution in [2.24, 2.45) is 0 Å². The van der Waals surface area contributed by atoms with Crippen molar-refractivity contribution in [3.63, 3.8) is 0 Å². The number of nitrogens with zero attached hydrogens (tertiary/aromatic N) is 2. The lowest BCUT2D eigenvalue weighted by Gasteiger charge is -2.34. The van der Waals surface area contributed by atoms with E-state index in [0.717, 1.165) is 9.87 Å². The average molecular weight is 701 g/mol. The normalized spacial score (nSPS) is 12.7. The number of hydrogen-bond donors (Lipinski definition) is 1. The van der Waals surface area contributed by atoms with Crippen LogP contribution in [0.2, 0.25) is 15.1 Å². The Labute approximate surface area is 286 Å². The number of anilines is 1. The molecule has 4 aromatic carbocycles. The van der Waals surface area contributed by atoms with E-state index in [1.54, 1.807) is 49.4 Å². The molecule has 0 aliphatic heterocycles. The number of aryl methyl sites for hydroxylation is 1. The van der Waals surface area contributed by atoms with E-state index in [4.69, 9.17) is 34.8 Å². The molecule has 4 rings (SSSR count). The van der Waals surface area contributed by atoms with Gasteiger partial charge in [-0.3, -0.25) is 13.9 Å². The van der Waals surface area contributed by atoms with Crippen LogP contribution in [0.5, 0.6) is 0 Å². The van der Waals surface area contributed by atoms with Gasteiger partial charge in [-0.1, -0.05) is 96.3 Å². The van der Waals surface area contributed by atoms with E-state index in [1.807, 2.05) is 44.2 Å². The van der Waals surface area contributed by atoms with Gasteiger partial charge in [0.2, 0.25) is 11.8 Å². The predicted molar refractivity (Wildman–Crippen MR) is 186 cm³/mol. The van der Waals surface area contributed by atoms with Crippen LogP contribution in [-0.2, 0) is 32.6 Å². The van der Waals surface area contributed by atoms with Crippen LogP contribution in [-0.4, -0.2) is 43.8 Å². The van der Waals surface area contributed by atoms with E-state index in [9.17, 15) is 18.0 Å². The van der Waals surface area contributed by atoms with E-state index >= 15 is 0 Å². The molecule has 0 bridgehead atoms. The smallest absolute Gasteiger partial charge is 0.264 e. The fourth-order valence-electron chi connectivity index (χ4n) is 4.92. The number of hydrogen-bond acceptors (Lipinski definition) is 4. The molecular formula is C35H36Cl3N3O4S. The second-order valence-corrected chi connectivity index (χ2v) is 14.2. The molecule has 0 fully saturated rings. The first-order valence-corrected chi connectivity index (χ1v) is 17.4. The zero-order chi connectivity index (χ0) is 33.4. The molecule has 2 amide bonds. The van der Waals surface area contributed by atoms with Crippen molar-refractivity contribution in [1.29, 1.82) is 0 Å². The van der Waals surface area contributed by atoms with Gasteiger partial charge in [-0.25, -0.2) is 8.42 Å². The van der Waals surface area contributed by atoms with Crippen LogP contribution in [0.15, 0.2) is 102 Å². The molecule has 0 saturated heterocycles. The van der Waals surface area contributed by atoms with Crippen LogP contribution in [0, 0.1) is 6.92 Å². The monoisotopic (exact) mass is 699 g/mol. The van der Waals surface area contributed by atoms with Crippen LogP contribution in [0.1, 0.15) is 37.0 Å². The summed E-state index contributed by atoms with van der Waals surface area (Å²) in [5.74, 6) is -0.952. The lowest BCUT2D eigenvalue weighted by Crippen LogP contribution is -2.54. The third-order valence-electron chi connectivity index (χ3n) is 7.69. The Bertz CT molecular complexity index is 1770. The molecule has 11 heteroatoms. The topological polar surface area (TPSA) is 86.8 Å². The van der Waals surface area contributed by atoms with Crippen molar-refractivity contribution >= 4 is 62.3 Å². The zero-order valence-electron chi connectivity index (χ0n) is 25.8. The highest BCUT2D eigenvalue weighted by Crippen LogP contribution is 2.29. The number of para-hydroxylation sites is 1. The summed E-state index contributed by atoms with van der Waals surface area (Å²) in [7, 11) is -4.25.